The zero-order chi connectivity index (χ0) is 20.8. The molecule has 1 unspecified atom stereocenters. The molecule has 2 aromatic carbocycles. The number of hydrogen-bond donors (Lipinski definition) is 1. The molecule has 29 heavy (non-hydrogen) atoms. The molecule has 0 aliphatic rings. The van der Waals surface area contributed by atoms with E-state index in [2.05, 4.69) is 32.9 Å². The molecule has 0 fully saturated rings. The molecule has 0 aliphatic heterocycles. The number of rotatable bonds is 7. The largest absolute Gasteiger partial charge is 0.457 e. The fourth-order valence-corrected chi connectivity index (χ4v) is 3.19. The van der Waals surface area contributed by atoms with Crippen LogP contribution in [0.15, 0.2) is 60.7 Å². The van der Waals surface area contributed by atoms with E-state index in [-0.39, 0.29) is 12.0 Å². The highest BCUT2D eigenvalue weighted by molar-refractivity contribution is 14.1. The second-order valence-electron chi connectivity index (χ2n) is 6.50. The fraction of sp³-hybridized carbons (Fsp3) is 0.217. The predicted molar refractivity (Wildman–Crippen MR) is 123 cm³/mol. The summed E-state index contributed by atoms with van der Waals surface area (Å²) in [7, 11) is 0. The lowest BCUT2D eigenvalue weighted by atomic mass is 10.1. The molecule has 1 aromatic heterocycles. The van der Waals surface area contributed by atoms with Crippen molar-refractivity contribution in [2.45, 2.75) is 26.9 Å². The van der Waals surface area contributed by atoms with E-state index in [1.165, 1.54) is 0 Å². The van der Waals surface area contributed by atoms with Crippen LogP contribution in [0.25, 0.3) is 0 Å². The zero-order valence-corrected chi connectivity index (χ0v) is 18.8. The standard InChI is InChI=1S/C23H23IN2O3/c1-4-28-16(3)22-14-13-21(15(2)25-22)23(27)26-18-7-11-20(12-8-18)29-19-9-5-17(24)6-10-19/h5-14,16H,4H2,1-3H3,(H,26,27). The monoisotopic (exact) mass is 502 g/mol. The summed E-state index contributed by atoms with van der Waals surface area (Å²) in [6, 6.07) is 18.7. The van der Waals surface area contributed by atoms with Gasteiger partial charge in [-0.3, -0.25) is 9.78 Å². The van der Waals surface area contributed by atoms with Crippen LogP contribution in [0, 0.1) is 10.5 Å². The van der Waals surface area contributed by atoms with Crippen molar-refractivity contribution in [3.63, 3.8) is 0 Å². The maximum absolute atomic E-state index is 12.6. The molecular weight excluding hydrogens is 479 g/mol. The van der Waals surface area contributed by atoms with E-state index in [4.69, 9.17) is 9.47 Å². The van der Waals surface area contributed by atoms with Crippen LogP contribution in [-0.4, -0.2) is 17.5 Å². The number of anilines is 1. The van der Waals surface area contributed by atoms with Gasteiger partial charge in [-0.15, -0.1) is 0 Å². The Bertz CT molecular complexity index is 972. The highest BCUT2D eigenvalue weighted by Crippen LogP contribution is 2.24. The zero-order valence-electron chi connectivity index (χ0n) is 16.6. The summed E-state index contributed by atoms with van der Waals surface area (Å²) in [6.07, 6.45) is -0.101. The molecule has 3 rings (SSSR count). The van der Waals surface area contributed by atoms with Gasteiger partial charge in [-0.05, 0) is 104 Å². The molecule has 0 saturated heterocycles. The van der Waals surface area contributed by atoms with Crippen molar-refractivity contribution in [1.82, 2.24) is 4.98 Å². The van der Waals surface area contributed by atoms with Crippen LogP contribution in [0.2, 0.25) is 0 Å². The summed E-state index contributed by atoms with van der Waals surface area (Å²) in [5.74, 6) is 1.28. The van der Waals surface area contributed by atoms with Crippen LogP contribution in [0.3, 0.4) is 0 Å². The van der Waals surface area contributed by atoms with Gasteiger partial charge >= 0.3 is 0 Å². The molecule has 0 saturated carbocycles. The normalized spacial score (nSPS) is 11.7. The van der Waals surface area contributed by atoms with Crippen molar-refractivity contribution in [3.8, 4) is 11.5 Å². The quantitative estimate of drug-likeness (QED) is 0.395. The summed E-state index contributed by atoms with van der Waals surface area (Å²) in [5.41, 5.74) is 2.72. The Hall–Kier alpha value is -2.45. The van der Waals surface area contributed by atoms with Gasteiger partial charge in [-0.2, -0.15) is 0 Å². The van der Waals surface area contributed by atoms with E-state index in [9.17, 15) is 4.79 Å². The molecule has 6 heteroatoms. The molecule has 0 aliphatic carbocycles. The molecule has 0 spiro atoms. The first-order valence-corrected chi connectivity index (χ1v) is 10.5. The number of ether oxygens (including phenoxy) is 2. The van der Waals surface area contributed by atoms with Gasteiger partial charge in [0, 0.05) is 15.9 Å². The van der Waals surface area contributed by atoms with Crippen LogP contribution in [-0.2, 0) is 4.74 Å². The first kappa shape index (κ1) is 21.3. The van der Waals surface area contributed by atoms with Gasteiger partial charge in [0.1, 0.15) is 11.5 Å². The maximum Gasteiger partial charge on any atom is 0.257 e. The highest BCUT2D eigenvalue weighted by atomic mass is 127. The number of aryl methyl sites for hydroxylation is 1. The SMILES string of the molecule is CCOC(C)c1ccc(C(=O)Nc2ccc(Oc3ccc(I)cc3)cc2)c(C)n1. The molecule has 1 atom stereocenters. The molecule has 0 bridgehead atoms. The minimum Gasteiger partial charge on any atom is -0.457 e. The van der Waals surface area contributed by atoms with E-state index >= 15 is 0 Å². The number of amides is 1. The van der Waals surface area contributed by atoms with Gasteiger partial charge in [-0.25, -0.2) is 0 Å². The number of carbonyl (C=O) groups excluding carboxylic acids is 1. The number of nitrogens with one attached hydrogen (secondary N) is 1. The fourth-order valence-electron chi connectivity index (χ4n) is 2.83. The number of nitrogens with zero attached hydrogens (tertiary/aromatic N) is 1. The summed E-state index contributed by atoms with van der Waals surface area (Å²) in [6.45, 7) is 6.34. The van der Waals surface area contributed by atoms with Crippen molar-refractivity contribution in [2.24, 2.45) is 0 Å². The highest BCUT2D eigenvalue weighted by Gasteiger charge is 2.14. The second kappa shape index (κ2) is 9.84. The minimum atomic E-state index is -0.197. The topological polar surface area (TPSA) is 60.5 Å². The third kappa shape index (κ3) is 5.77. The Morgan fingerprint density at radius 2 is 1.66 bits per heavy atom. The van der Waals surface area contributed by atoms with E-state index < -0.39 is 0 Å². The lowest BCUT2D eigenvalue weighted by molar-refractivity contribution is 0.0732. The van der Waals surface area contributed by atoms with Crippen LogP contribution in [0.5, 0.6) is 11.5 Å². The van der Waals surface area contributed by atoms with E-state index in [1.54, 1.807) is 6.07 Å². The number of aromatic nitrogens is 1. The second-order valence-corrected chi connectivity index (χ2v) is 7.75. The van der Waals surface area contributed by atoms with E-state index in [1.807, 2.05) is 75.4 Å². The third-order valence-electron chi connectivity index (χ3n) is 4.35. The van der Waals surface area contributed by atoms with Crippen molar-refractivity contribution >= 4 is 34.2 Å². The average Bonchev–Trinajstić information content (AvgIpc) is 2.71. The maximum atomic E-state index is 12.6. The number of benzene rings is 2. The van der Waals surface area contributed by atoms with Gasteiger partial charge in [-0.1, -0.05) is 0 Å². The summed E-state index contributed by atoms with van der Waals surface area (Å²) < 4.78 is 12.5. The molecule has 5 nitrogen and oxygen atoms in total. The van der Waals surface area contributed by atoms with Crippen molar-refractivity contribution in [3.05, 3.63) is 81.2 Å². The van der Waals surface area contributed by atoms with Gasteiger partial charge < -0.3 is 14.8 Å². The lowest BCUT2D eigenvalue weighted by Crippen LogP contribution is -2.15. The van der Waals surface area contributed by atoms with Gasteiger partial charge in [0.15, 0.2) is 0 Å². The van der Waals surface area contributed by atoms with Crippen LogP contribution >= 0.6 is 22.6 Å². The molecule has 1 N–H and O–H groups in total. The summed E-state index contributed by atoms with van der Waals surface area (Å²) in [4.78, 5) is 17.2. The Balaban J connectivity index is 1.65. The van der Waals surface area contributed by atoms with Crippen molar-refractivity contribution in [2.75, 3.05) is 11.9 Å². The molecule has 1 amide bonds. The lowest BCUT2D eigenvalue weighted by Gasteiger charge is -2.13. The number of hydrogen-bond acceptors (Lipinski definition) is 4. The minimum absolute atomic E-state index is 0.101. The van der Waals surface area contributed by atoms with Crippen LogP contribution < -0.4 is 10.1 Å². The van der Waals surface area contributed by atoms with Crippen molar-refractivity contribution < 1.29 is 14.3 Å². The Kier molecular flexibility index (Phi) is 7.22. The van der Waals surface area contributed by atoms with Gasteiger partial charge in [0.2, 0.25) is 0 Å². The average molecular weight is 502 g/mol. The molecular formula is C23H23IN2O3. The predicted octanol–water partition coefficient (Wildman–Crippen LogP) is 6.14. The van der Waals surface area contributed by atoms with Crippen molar-refractivity contribution in [1.29, 1.82) is 0 Å². The Morgan fingerprint density at radius 1 is 1.03 bits per heavy atom. The third-order valence-corrected chi connectivity index (χ3v) is 5.07. The molecule has 3 aromatic rings. The molecule has 0 radical (unpaired) electrons. The molecule has 1 heterocycles. The first-order chi connectivity index (χ1) is 14.0. The Labute approximate surface area is 184 Å². The number of pyridine rings is 1. The summed E-state index contributed by atoms with van der Waals surface area (Å²) >= 11 is 2.25. The Morgan fingerprint density at radius 3 is 2.24 bits per heavy atom. The van der Waals surface area contributed by atoms with Crippen LogP contribution in [0.1, 0.15) is 41.7 Å². The van der Waals surface area contributed by atoms with Crippen LogP contribution in [0.4, 0.5) is 5.69 Å². The van der Waals surface area contributed by atoms with E-state index in [0.29, 0.717) is 29.3 Å². The van der Waals surface area contributed by atoms with Gasteiger partial charge in [0.05, 0.1) is 23.1 Å². The van der Waals surface area contributed by atoms with Gasteiger partial charge in [0.25, 0.3) is 5.91 Å². The number of halogens is 1. The first-order valence-electron chi connectivity index (χ1n) is 9.40. The number of carbonyl (C=O) groups is 1. The molecule has 150 valence electrons. The van der Waals surface area contributed by atoms with E-state index in [0.717, 1.165) is 15.0 Å². The summed E-state index contributed by atoms with van der Waals surface area (Å²) in [5, 5.41) is 2.90. The smallest absolute Gasteiger partial charge is 0.257 e.